The van der Waals surface area contributed by atoms with Crippen molar-refractivity contribution in [2.45, 2.75) is 13.1 Å². The van der Waals surface area contributed by atoms with Crippen LogP contribution in [0.15, 0.2) is 97.3 Å². The second-order valence-electron chi connectivity index (χ2n) is 7.22. The summed E-state index contributed by atoms with van der Waals surface area (Å²) in [6, 6.07) is 30.5. The molecule has 0 amide bonds. The molecule has 0 saturated carbocycles. The smallest absolute Gasteiger partial charge is 0.184 e. The molecule has 0 aliphatic carbocycles. The first kappa shape index (κ1) is 18.8. The quantitative estimate of drug-likeness (QED) is 0.397. The molecule has 0 bridgehead atoms. The summed E-state index contributed by atoms with van der Waals surface area (Å²) in [6.45, 7) is 1.33. The van der Waals surface area contributed by atoms with Gasteiger partial charge in [-0.2, -0.15) is 4.52 Å². The van der Waals surface area contributed by atoms with E-state index >= 15 is 0 Å². The molecular weight excluding hydrogens is 384 g/mol. The molecule has 0 radical (unpaired) electrons. The minimum atomic E-state index is 0.662. The molecule has 31 heavy (non-hydrogen) atoms. The van der Waals surface area contributed by atoms with E-state index in [0.29, 0.717) is 18.9 Å². The zero-order chi connectivity index (χ0) is 20.9. The molecule has 0 aliphatic rings. The van der Waals surface area contributed by atoms with Crippen LogP contribution in [0, 0.1) is 0 Å². The molecule has 152 valence electrons. The van der Waals surface area contributed by atoms with Gasteiger partial charge in [-0.25, -0.2) is 9.97 Å². The van der Waals surface area contributed by atoms with E-state index in [2.05, 4.69) is 45.0 Å². The molecule has 0 unspecified atom stereocenters. The van der Waals surface area contributed by atoms with Crippen molar-refractivity contribution < 1.29 is 0 Å². The molecule has 2 N–H and O–H groups in total. The lowest BCUT2D eigenvalue weighted by Crippen LogP contribution is -2.09. The summed E-state index contributed by atoms with van der Waals surface area (Å²) in [5.41, 5.74) is 4.90. The van der Waals surface area contributed by atoms with Crippen LogP contribution in [0.1, 0.15) is 11.1 Å². The van der Waals surface area contributed by atoms with Gasteiger partial charge in [-0.15, -0.1) is 5.10 Å². The Morgan fingerprint density at radius 2 is 1.26 bits per heavy atom. The van der Waals surface area contributed by atoms with Crippen molar-refractivity contribution in [3.8, 4) is 11.4 Å². The van der Waals surface area contributed by atoms with E-state index in [0.717, 1.165) is 22.7 Å². The fourth-order valence-corrected chi connectivity index (χ4v) is 3.43. The summed E-state index contributed by atoms with van der Waals surface area (Å²) in [4.78, 5) is 9.45. The molecule has 2 heterocycles. The summed E-state index contributed by atoms with van der Waals surface area (Å²) in [6.07, 6.45) is 1.70. The summed E-state index contributed by atoms with van der Waals surface area (Å²) in [7, 11) is 0. The first-order chi connectivity index (χ1) is 15.4. The monoisotopic (exact) mass is 406 g/mol. The number of aromatic nitrogens is 4. The molecule has 0 saturated heterocycles. The van der Waals surface area contributed by atoms with Crippen molar-refractivity contribution in [1.29, 1.82) is 0 Å². The average molecular weight is 406 g/mol. The Kier molecular flexibility index (Phi) is 5.26. The van der Waals surface area contributed by atoms with Gasteiger partial charge >= 0.3 is 0 Å². The van der Waals surface area contributed by atoms with E-state index in [4.69, 9.17) is 4.98 Å². The van der Waals surface area contributed by atoms with Gasteiger partial charge < -0.3 is 10.6 Å². The zero-order valence-corrected chi connectivity index (χ0v) is 16.9. The van der Waals surface area contributed by atoms with E-state index in [1.807, 2.05) is 66.7 Å². The summed E-state index contributed by atoms with van der Waals surface area (Å²) >= 11 is 0. The molecule has 0 fully saturated rings. The Morgan fingerprint density at radius 1 is 0.677 bits per heavy atom. The highest BCUT2D eigenvalue weighted by Gasteiger charge is 2.15. The number of fused-ring (bicyclic) bond motifs is 1. The third kappa shape index (κ3) is 4.23. The lowest BCUT2D eigenvalue weighted by molar-refractivity contribution is 0.920. The third-order valence-electron chi connectivity index (χ3n) is 5.03. The van der Waals surface area contributed by atoms with Crippen LogP contribution in [0.4, 0.5) is 11.5 Å². The Bertz CT molecular complexity index is 1270. The number of hydrogen-bond acceptors (Lipinski definition) is 5. The molecule has 6 heteroatoms. The molecule has 2 aromatic heterocycles. The number of nitrogens with one attached hydrogen (secondary N) is 2. The van der Waals surface area contributed by atoms with Crippen LogP contribution < -0.4 is 10.6 Å². The molecule has 0 aliphatic heterocycles. The molecular formula is C25H22N6. The van der Waals surface area contributed by atoms with Crippen molar-refractivity contribution in [2.75, 3.05) is 10.6 Å². The highest BCUT2D eigenvalue weighted by molar-refractivity contribution is 5.80. The minimum Gasteiger partial charge on any atom is -0.375 e. The topological polar surface area (TPSA) is 67.1 Å². The molecule has 3 aromatic carbocycles. The normalized spacial score (nSPS) is 10.8. The summed E-state index contributed by atoms with van der Waals surface area (Å²) < 4.78 is 1.73. The van der Waals surface area contributed by atoms with Crippen LogP contribution in [0.25, 0.3) is 17.0 Å². The van der Waals surface area contributed by atoms with Crippen molar-refractivity contribution in [3.05, 3.63) is 108 Å². The van der Waals surface area contributed by atoms with E-state index in [9.17, 15) is 0 Å². The summed E-state index contributed by atoms with van der Waals surface area (Å²) in [5.74, 6) is 1.42. The molecule has 5 aromatic rings. The van der Waals surface area contributed by atoms with Gasteiger partial charge in [-0.05, 0) is 11.1 Å². The molecule has 0 spiro atoms. The van der Waals surface area contributed by atoms with Crippen LogP contribution in [0.2, 0.25) is 0 Å². The highest BCUT2D eigenvalue weighted by Crippen LogP contribution is 2.27. The van der Waals surface area contributed by atoms with Gasteiger partial charge in [-0.3, -0.25) is 0 Å². The fraction of sp³-hybridized carbons (Fsp3) is 0.0800. The largest absolute Gasteiger partial charge is 0.375 e. The SMILES string of the molecule is c1ccc(CNc2ncn3nc(-c4ccccc4)nc3c2NCc2ccccc2)cc1. The Balaban J connectivity index is 1.51. The van der Waals surface area contributed by atoms with Gasteiger partial charge in [0.05, 0.1) is 0 Å². The predicted octanol–water partition coefficient (Wildman–Crippen LogP) is 5.02. The highest BCUT2D eigenvalue weighted by atomic mass is 15.3. The Hall–Kier alpha value is -4.19. The minimum absolute atomic E-state index is 0.662. The summed E-state index contributed by atoms with van der Waals surface area (Å²) in [5, 5.41) is 11.6. The number of benzene rings is 3. The van der Waals surface area contributed by atoms with Crippen LogP contribution >= 0.6 is 0 Å². The van der Waals surface area contributed by atoms with E-state index in [1.54, 1.807) is 10.8 Å². The standard InChI is InChI=1S/C25H22N6/c1-4-10-19(11-5-1)16-26-22-24(27-17-20-12-6-2-7-13-20)28-18-31-25(22)29-23(30-31)21-14-8-3-9-15-21/h1-15,18,26-27H,16-17H2. The van der Waals surface area contributed by atoms with Gasteiger partial charge in [0.25, 0.3) is 0 Å². The Morgan fingerprint density at radius 3 is 1.90 bits per heavy atom. The number of anilines is 2. The van der Waals surface area contributed by atoms with Crippen LogP contribution in [-0.2, 0) is 13.1 Å². The first-order valence-corrected chi connectivity index (χ1v) is 10.2. The first-order valence-electron chi connectivity index (χ1n) is 10.2. The second-order valence-corrected chi connectivity index (χ2v) is 7.22. The zero-order valence-electron chi connectivity index (χ0n) is 16.9. The average Bonchev–Trinajstić information content (AvgIpc) is 3.28. The molecule has 0 atom stereocenters. The maximum atomic E-state index is 4.82. The lowest BCUT2D eigenvalue weighted by Gasteiger charge is -2.13. The fourth-order valence-electron chi connectivity index (χ4n) is 3.43. The second kappa shape index (κ2) is 8.67. The lowest BCUT2D eigenvalue weighted by atomic mass is 10.2. The number of hydrogen-bond donors (Lipinski definition) is 2. The maximum Gasteiger partial charge on any atom is 0.184 e. The molecule has 6 nitrogen and oxygen atoms in total. The van der Waals surface area contributed by atoms with Gasteiger partial charge in [0.1, 0.15) is 12.0 Å². The predicted molar refractivity (Wildman–Crippen MR) is 124 cm³/mol. The number of nitrogens with zero attached hydrogens (tertiary/aromatic N) is 4. The van der Waals surface area contributed by atoms with Crippen molar-refractivity contribution in [3.63, 3.8) is 0 Å². The van der Waals surface area contributed by atoms with E-state index in [-0.39, 0.29) is 0 Å². The Labute approximate surface area is 180 Å². The van der Waals surface area contributed by atoms with Crippen molar-refractivity contribution in [1.82, 2.24) is 19.6 Å². The van der Waals surface area contributed by atoms with Gasteiger partial charge in [0.2, 0.25) is 0 Å². The van der Waals surface area contributed by atoms with Gasteiger partial charge in [0, 0.05) is 18.7 Å². The maximum absolute atomic E-state index is 4.82. The van der Waals surface area contributed by atoms with Crippen LogP contribution in [0.5, 0.6) is 0 Å². The van der Waals surface area contributed by atoms with Crippen molar-refractivity contribution >= 4 is 17.2 Å². The van der Waals surface area contributed by atoms with Gasteiger partial charge in [0.15, 0.2) is 17.3 Å². The van der Waals surface area contributed by atoms with Gasteiger partial charge in [-0.1, -0.05) is 91.0 Å². The number of rotatable bonds is 7. The van der Waals surface area contributed by atoms with Crippen LogP contribution in [-0.4, -0.2) is 19.6 Å². The van der Waals surface area contributed by atoms with E-state index < -0.39 is 0 Å². The molecule has 5 rings (SSSR count). The van der Waals surface area contributed by atoms with Crippen molar-refractivity contribution in [2.24, 2.45) is 0 Å². The van der Waals surface area contributed by atoms with E-state index in [1.165, 1.54) is 11.1 Å². The van der Waals surface area contributed by atoms with Crippen LogP contribution in [0.3, 0.4) is 0 Å². The third-order valence-corrected chi connectivity index (χ3v) is 5.03.